The lowest BCUT2D eigenvalue weighted by Crippen LogP contribution is -2.39. The Labute approximate surface area is 249 Å². The number of carbonyl (C=O) groups excluding carboxylic acids is 2. The Bertz CT molecular complexity index is 1380. The van der Waals surface area contributed by atoms with Crippen molar-refractivity contribution in [3.8, 4) is 28.9 Å². The van der Waals surface area contributed by atoms with Crippen molar-refractivity contribution >= 4 is 11.9 Å². The van der Waals surface area contributed by atoms with E-state index < -0.39 is 10.8 Å². The molecule has 0 aliphatic carbocycles. The fourth-order valence-electron chi connectivity index (χ4n) is 5.44. The molecule has 0 saturated carbocycles. The summed E-state index contributed by atoms with van der Waals surface area (Å²) in [5, 5.41) is 9.22. The monoisotopic (exact) mass is 573 g/mol. The minimum atomic E-state index is -0.931. The lowest BCUT2D eigenvalue weighted by atomic mass is 9.71. The Hall–Kier alpha value is -4.12. The Morgan fingerprint density at radius 1 is 1.05 bits per heavy atom. The minimum absolute atomic E-state index is 0.187. The summed E-state index contributed by atoms with van der Waals surface area (Å²) >= 11 is 0. The third-order valence-corrected chi connectivity index (χ3v) is 7.58. The molecule has 0 amide bonds. The van der Waals surface area contributed by atoms with E-state index in [4.69, 9.17) is 14.2 Å². The zero-order valence-electron chi connectivity index (χ0n) is 25.9. The number of rotatable bonds is 14. The molecule has 8 nitrogen and oxygen atoms in total. The SMILES string of the molecule is COC(=O)C(C)(C)CC(C)(CCC(C)C#N)C(=O)OCCCOc1cc(C)c(-n2ccnc2-c2ccccc2)c(C)c1. The smallest absolute Gasteiger partial charge is 0.311 e. The highest BCUT2D eigenvalue weighted by molar-refractivity contribution is 5.80. The van der Waals surface area contributed by atoms with Gasteiger partial charge in [-0.15, -0.1) is 0 Å². The van der Waals surface area contributed by atoms with E-state index >= 15 is 0 Å². The van der Waals surface area contributed by atoms with Crippen molar-refractivity contribution in [3.05, 3.63) is 66.0 Å². The molecule has 2 unspecified atom stereocenters. The van der Waals surface area contributed by atoms with Gasteiger partial charge >= 0.3 is 11.9 Å². The largest absolute Gasteiger partial charge is 0.493 e. The van der Waals surface area contributed by atoms with Crippen LogP contribution >= 0.6 is 0 Å². The summed E-state index contributed by atoms with van der Waals surface area (Å²) in [6, 6.07) is 16.3. The third kappa shape index (κ3) is 8.00. The van der Waals surface area contributed by atoms with Crippen molar-refractivity contribution in [1.82, 2.24) is 9.55 Å². The zero-order chi connectivity index (χ0) is 30.9. The first-order chi connectivity index (χ1) is 19.9. The number of aromatic nitrogens is 2. The van der Waals surface area contributed by atoms with E-state index in [-0.39, 0.29) is 30.9 Å². The van der Waals surface area contributed by atoms with Gasteiger partial charge in [-0.25, -0.2) is 4.98 Å². The molecule has 1 heterocycles. The second-order valence-electron chi connectivity index (χ2n) is 11.9. The number of carbonyl (C=O) groups is 2. The summed E-state index contributed by atoms with van der Waals surface area (Å²) in [5.41, 5.74) is 2.42. The van der Waals surface area contributed by atoms with Crippen LogP contribution < -0.4 is 4.74 Å². The first kappa shape index (κ1) is 32.4. The van der Waals surface area contributed by atoms with Crippen LogP contribution in [0.3, 0.4) is 0 Å². The number of hydrogen-bond donors (Lipinski definition) is 0. The summed E-state index contributed by atoms with van der Waals surface area (Å²) in [6.07, 6.45) is 5.50. The first-order valence-electron chi connectivity index (χ1n) is 14.4. The fraction of sp³-hybridized carbons (Fsp3) is 0.471. The predicted octanol–water partition coefficient (Wildman–Crippen LogP) is 7.00. The van der Waals surface area contributed by atoms with Crippen LogP contribution in [0.15, 0.2) is 54.9 Å². The number of nitrogens with zero attached hydrogens (tertiary/aromatic N) is 3. The molecule has 0 fully saturated rings. The molecule has 0 aliphatic heterocycles. The Morgan fingerprint density at radius 2 is 1.71 bits per heavy atom. The Kier molecular flexibility index (Phi) is 10.9. The van der Waals surface area contributed by atoms with Crippen LogP contribution in [-0.2, 0) is 19.1 Å². The maximum Gasteiger partial charge on any atom is 0.311 e. The second-order valence-corrected chi connectivity index (χ2v) is 11.9. The van der Waals surface area contributed by atoms with Gasteiger partial charge in [-0.2, -0.15) is 5.26 Å². The van der Waals surface area contributed by atoms with Crippen LogP contribution in [0.25, 0.3) is 17.1 Å². The molecule has 0 N–H and O–H groups in total. The summed E-state index contributed by atoms with van der Waals surface area (Å²) in [7, 11) is 1.34. The van der Waals surface area contributed by atoms with Gasteiger partial charge in [-0.05, 0) is 84.1 Å². The number of esters is 2. The van der Waals surface area contributed by atoms with Crippen LogP contribution in [0.5, 0.6) is 5.75 Å². The van der Waals surface area contributed by atoms with Gasteiger partial charge < -0.3 is 14.2 Å². The minimum Gasteiger partial charge on any atom is -0.493 e. The highest BCUT2D eigenvalue weighted by atomic mass is 16.5. The molecule has 42 heavy (non-hydrogen) atoms. The summed E-state index contributed by atoms with van der Waals surface area (Å²) in [6.45, 7) is 11.8. The average Bonchev–Trinajstić information content (AvgIpc) is 3.44. The fourth-order valence-corrected chi connectivity index (χ4v) is 5.44. The molecule has 0 saturated heterocycles. The first-order valence-corrected chi connectivity index (χ1v) is 14.4. The van der Waals surface area contributed by atoms with Gasteiger partial charge in [-0.3, -0.25) is 14.2 Å². The highest BCUT2D eigenvalue weighted by Gasteiger charge is 2.43. The molecule has 2 aromatic carbocycles. The van der Waals surface area contributed by atoms with Crippen molar-refractivity contribution in [1.29, 1.82) is 5.26 Å². The van der Waals surface area contributed by atoms with Gasteiger partial charge in [0.05, 0.1) is 42.9 Å². The van der Waals surface area contributed by atoms with Crippen molar-refractivity contribution in [2.45, 2.75) is 67.2 Å². The van der Waals surface area contributed by atoms with E-state index in [0.717, 1.165) is 34.0 Å². The Morgan fingerprint density at radius 3 is 2.33 bits per heavy atom. The van der Waals surface area contributed by atoms with Gasteiger partial charge in [0.25, 0.3) is 0 Å². The molecular weight excluding hydrogens is 530 g/mol. The molecule has 0 aliphatic rings. The van der Waals surface area contributed by atoms with E-state index in [9.17, 15) is 14.9 Å². The molecule has 8 heteroatoms. The number of benzene rings is 2. The molecule has 3 aromatic rings. The van der Waals surface area contributed by atoms with Gasteiger partial charge in [0, 0.05) is 30.3 Å². The molecule has 224 valence electrons. The van der Waals surface area contributed by atoms with E-state index in [2.05, 4.69) is 29.5 Å². The molecule has 1 aromatic heterocycles. The summed E-state index contributed by atoms with van der Waals surface area (Å²) in [5.74, 6) is 0.654. The van der Waals surface area contributed by atoms with E-state index in [1.165, 1.54) is 7.11 Å². The topological polar surface area (TPSA) is 103 Å². The third-order valence-electron chi connectivity index (χ3n) is 7.58. The van der Waals surface area contributed by atoms with Gasteiger partial charge in [-0.1, -0.05) is 30.3 Å². The number of aryl methyl sites for hydroxylation is 2. The number of methoxy groups -OCH3 is 1. The molecular formula is C34H43N3O5. The van der Waals surface area contributed by atoms with Crippen LogP contribution in [0, 0.1) is 41.9 Å². The molecule has 0 radical (unpaired) electrons. The lowest BCUT2D eigenvalue weighted by Gasteiger charge is -2.34. The van der Waals surface area contributed by atoms with Crippen LogP contribution in [0.1, 0.15) is 64.5 Å². The maximum absolute atomic E-state index is 13.3. The van der Waals surface area contributed by atoms with Gasteiger partial charge in [0.2, 0.25) is 0 Å². The van der Waals surface area contributed by atoms with Crippen molar-refractivity contribution in [3.63, 3.8) is 0 Å². The van der Waals surface area contributed by atoms with E-state index in [1.807, 2.05) is 55.6 Å². The number of hydrogen-bond acceptors (Lipinski definition) is 7. The number of ether oxygens (including phenoxy) is 3. The second kappa shape index (κ2) is 14.2. The molecule has 2 atom stereocenters. The van der Waals surface area contributed by atoms with Gasteiger partial charge in [0.15, 0.2) is 0 Å². The summed E-state index contributed by atoms with van der Waals surface area (Å²) in [4.78, 5) is 30.2. The zero-order valence-corrected chi connectivity index (χ0v) is 25.9. The number of imidazole rings is 1. The number of nitriles is 1. The van der Waals surface area contributed by atoms with E-state index in [1.54, 1.807) is 27.0 Å². The quantitative estimate of drug-likeness (QED) is 0.151. The lowest BCUT2D eigenvalue weighted by molar-refractivity contribution is -0.162. The molecule has 0 bridgehead atoms. The van der Waals surface area contributed by atoms with Crippen molar-refractivity contribution in [2.75, 3.05) is 20.3 Å². The normalized spacial score (nSPS) is 13.5. The van der Waals surface area contributed by atoms with Crippen LogP contribution in [0.4, 0.5) is 0 Å². The summed E-state index contributed by atoms with van der Waals surface area (Å²) < 4.78 is 18.8. The van der Waals surface area contributed by atoms with Crippen LogP contribution in [-0.4, -0.2) is 41.8 Å². The van der Waals surface area contributed by atoms with Crippen LogP contribution in [0.2, 0.25) is 0 Å². The molecule has 3 rings (SSSR count). The van der Waals surface area contributed by atoms with Gasteiger partial charge in [0.1, 0.15) is 11.6 Å². The average molecular weight is 574 g/mol. The maximum atomic E-state index is 13.3. The van der Waals surface area contributed by atoms with E-state index in [0.29, 0.717) is 25.9 Å². The Balaban J connectivity index is 1.61. The predicted molar refractivity (Wildman–Crippen MR) is 162 cm³/mol. The standard InChI is InChI=1S/C34H43N3O5/c1-24(22-35)14-15-34(6,23-33(4,5)31(38)40-7)32(39)42-19-11-18-41-28-20-25(2)29(26(3)21-28)37-17-16-36-30(37)27-12-9-8-10-13-27/h8-10,12-13,16-17,20-21,24H,11,14-15,18-19,23H2,1-7H3. The van der Waals surface area contributed by atoms with Crippen molar-refractivity contribution < 1.29 is 23.8 Å². The molecule has 0 spiro atoms. The highest BCUT2D eigenvalue weighted by Crippen LogP contribution is 2.40. The van der Waals surface area contributed by atoms with Crippen molar-refractivity contribution in [2.24, 2.45) is 16.7 Å².